The quantitative estimate of drug-likeness (QED) is 0.606. The average molecular weight is 420 g/mol. The van der Waals surface area contributed by atoms with Crippen LogP contribution in [0.1, 0.15) is 28.4 Å². The number of benzene rings is 3. The zero-order valence-electron chi connectivity index (χ0n) is 16.6. The minimum Gasteiger partial charge on any atom is -0.334 e. The van der Waals surface area contributed by atoms with Crippen LogP contribution >= 0.6 is 11.6 Å². The second kappa shape index (κ2) is 8.59. The van der Waals surface area contributed by atoms with Gasteiger partial charge >= 0.3 is 6.03 Å². The first kappa shape index (κ1) is 20.0. The van der Waals surface area contributed by atoms with E-state index >= 15 is 0 Å². The van der Waals surface area contributed by atoms with Gasteiger partial charge in [-0.1, -0.05) is 54.1 Å². The molecular formula is C24H22ClN3O2. The van der Waals surface area contributed by atoms with Gasteiger partial charge in [-0.15, -0.1) is 0 Å². The minimum atomic E-state index is -0.339. The Hall–Kier alpha value is -3.31. The van der Waals surface area contributed by atoms with Crippen LogP contribution in [0.4, 0.5) is 16.2 Å². The van der Waals surface area contributed by atoms with Gasteiger partial charge in [0.25, 0.3) is 5.91 Å². The fraction of sp³-hybridized carbons (Fsp3) is 0.167. The molecule has 30 heavy (non-hydrogen) atoms. The highest BCUT2D eigenvalue weighted by atomic mass is 35.5. The fourth-order valence-corrected chi connectivity index (χ4v) is 3.89. The molecule has 1 atom stereocenters. The van der Waals surface area contributed by atoms with E-state index in [0.717, 1.165) is 23.2 Å². The van der Waals surface area contributed by atoms with E-state index in [4.69, 9.17) is 11.6 Å². The van der Waals surface area contributed by atoms with E-state index in [0.29, 0.717) is 22.8 Å². The van der Waals surface area contributed by atoms with Crippen LogP contribution in [-0.4, -0.2) is 18.0 Å². The van der Waals surface area contributed by atoms with Gasteiger partial charge in [-0.25, -0.2) is 4.79 Å². The maximum Gasteiger partial charge on any atom is 0.319 e. The SMILES string of the molecule is CC1Cc2ccc(CNC(=O)Nc3ccccc3Cl)cc2N1C(=O)c1ccccc1. The van der Waals surface area contributed by atoms with E-state index in [2.05, 4.69) is 17.6 Å². The number of halogens is 1. The predicted molar refractivity (Wildman–Crippen MR) is 120 cm³/mol. The summed E-state index contributed by atoms with van der Waals surface area (Å²) in [6, 6.07) is 22.1. The van der Waals surface area contributed by atoms with Gasteiger partial charge in [-0.05, 0) is 54.8 Å². The van der Waals surface area contributed by atoms with E-state index in [1.54, 1.807) is 18.2 Å². The summed E-state index contributed by atoms with van der Waals surface area (Å²) in [6.45, 7) is 2.39. The number of carbonyl (C=O) groups excluding carboxylic acids is 2. The van der Waals surface area contributed by atoms with E-state index in [1.165, 1.54) is 0 Å². The Labute approximate surface area is 180 Å². The first-order chi connectivity index (χ1) is 14.5. The third kappa shape index (κ3) is 4.16. The van der Waals surface area contributed by atoms with Gasteiger partial charge in [0.15, 0.2) is 0 Å². The molecule has 0 saturated heterocycles. The summed E-state index contributed by atoms with van der Waals surface area (Å²) in [5, 5.41) is 6.06. The number of carbonyl (C=O) groups is 2. The van der Waals surface area contributed by atoms with Crippen molar-refractivity contribution in [2.24, 2.45) is 0 Å². The third-order valence-corrected chi connectivity index (χ3v) is 5.51. The molecule has 0 spiro atoms. The summed E-state index contributed by atoms with van der Waals surface area (Å²) in [5.41, 5.74) is 4.18. The van der Waals surface area contributed by atoms with Crippen molar-refractivity contribution in [3.63, 3.8) is 0 Å². The molecule has 0 radical (unpaired) electrons. The lowest BCUT2D eigenvalue weighted by Crippen LogP contribution is -2.35. The van der Waals surface area contributed by atoms with Crippen molar-refractivity contribution in [1.82, 2.24) is 5.32 Å². The molecule has 3 aromatic carbocycles. The molecule has 0 fully saturated rings. The molecule has 152 valence electrons. The van der Waals surface area contributed by atoms with Crippen LogP contribution in [0.5, 0.6) is 0 Å². The van der Waals surface area contributed by atoms with Gasteiger partial charge in [-0.3, -0.25) is 4.79 Å². The molecule has 1 aliphatic rings. The molecular weight excluding hydrogens is 398 g/mol. The van der Waals surface area contributed by atoms with Crippen molar-refractivity contribution in [1.29, 1.82) is 0 Å². The smallest absolute Gasteiger partial charge is 0.319 e. The molecule has 5 nitrogen and oxygen atoms in total. The number of hydrogen-bond donors (Lipinski definition) is 2. The first-order valence-electron chi connectivity index (χ1n) is 9.82. The summed E-state index contributed by atoms with van der Waals surface area (Å²) < 4.78 is 0. The van der Waals surface area contributed by atoms with Crippen LogP contribution in [0, 0.1) is 0 Å². The van der Waals surface area contributed by atoms with Crippen molar-refractivity contribution in [2.75, 3.05) is 10.2 Å². The number of nitrogens with zero attached hydrogens (tertiary/aromatic N) is 1. The fourth-order valence-electron chi connectivity index (χ4n) is 3.70. The van der Waals surface area contributed by atoms with Crippen LogP contribution < -0.4 is 15.5 Å². The molecule has 6 heteroatoms. The van der Waals surface area contributed by atoms with Crippen molar-refractivity contribution >= 4 is 34.9 Å². The summed E-state index contributed by atoms with van der Waals surface area (Å²) in [5.74, 6) is -0.0107. The first-order valence-corrected chi connectivity index (χ1v) is 10.2. The molecule has 0 saturated carbocycles. The number of fused-ring (bicyclic) bond motifs is 1. The topological polar surface area (TPSA) is 61.4 Å². The largest absolute Gasteiger partial charge is 0.334 e. The minimum absolute atomic E-state index is 0.0107. The van der Waals surface area contributed by atoms with Crippen LogP contribution in [-0.2, 0) is 13.0 Å². The Balaban J connectivity index is 1.47. The lowest BCUT2D eigenvalue weighted by molar-refractivity contribution is 0.0981. The molecule has 1 aliphatic heterocycles. The van der Waals surface area contributed by atoms with Crippen LogP contribution in [0.3, 0.4) is 0 Å². The van der Waals surface area contributed by atoms with Crippen molar-refractivity contribution < 1.29 is 9.59 Å². The van der Waals surface area contributed by atoms with Crippen molar-refractivity contribution in [3.8, 4) is 0 Å². The molecule has 1 unspecified atom stereocenters. The third-order valence-electron chi connectivity index (χ3n) is 5.18. The number of para-hydroxylation sites is 1. The second-order valence-electron chi connectivity index (χ2n) is 7.34. The number of anilines is 2. The highest BCUT2D eigenvalue weighted by Crippen LogP contribution is 2.34. The van der Waals surface area contributed by atoms with Gasteiger partial charge in [-0.2, -0.15) is 0 Å². The standard InChI is InChI=1S/C24H22ClN3O2/c1-16-13-19-12-11-17(15-26-24(30)27-21-10-6-5-9-20(21)25)14-22(19)28(16)23(29)18-7-3-2-4-8-18/h2-12,14,16H,13,15H2,1H3,(H2,26,27,30). The van der Waals surface area contributed by atoms with Crippen LogP contribution in [0.25, 0.3) is 0 Å². The highest BCUT2D eigenvalue weighted by Gasteiger charge is 2.31. The summed E-state index contributed by atoms with van der Waals surface area (Å²) in [7, 11) is 0. The summed E-state index contributed by atoms with van der Waals surface area (Å²) in [4.78, 5) is 27.1. The van der Waals surface area contributed by atoms with E-state index < -0.39 is 0 Å². The Kier molecular flexibility index (Phi) is 5.72. The van der Waals surface area contributed by atoms with Crippen molar-refractivity contribution in [3.05, 3.63) is 94.5 Å². The van der Waals surface area contributed by atoms with Crippen LogP contribution in [0.2, 0.25) is 5.02 Å². The molecule has 2 N–H and O–H groups in total. The number of urea groups is 1. The number of rotatable bonds is 4. The average Bonchev–Trinajstić information content (AvgIpc) is 3.09. The zero-order chi connectivity index (χ0) is 21.1. The van der Waals surface area contributed by atoms with E-state index in [-0.39, 0.29) is 18.0 Å². The van der Waals surface area contributed by atoms with Gasteiger partial charge in [0.2, 0.25) is 0 Å². The molecule has 1 heterocycles. The molecule has 3 amide bonds. The molecule has 0 aromatic heterocycles. The Morgan fingerprint density at radius 2 is 1.77 bits per heavy atom. The zero-order valence-corrected chi connectivity index (χ0v) is 17.3. The second-order valence-corrected chi connectivity index (χ2v) is 7.75. The summed E-state index contributed by atoms with van der Waals surface area (Å²) >= 11 is 6.08. The van der Waals surface area contributed by atoms with Gasteiger partial charge in [0.05, 0.1) is 10.7 Å². The van der Waals surface area contributed by atoms with E-state index in [1.807, 2.05) is 59.5 Å². The maximum atomic E-state index is 13.1. The Bertz CT molecular complexity index is 1080. The maximum absolute atomic E-state index is 13.1. The molecule has 0 bridgehead atoms. The normalized spacial score (nSPS) is 14.9. The van der Waals surface area contributed by atoms with E-state index in [9.17, 15) is 9.59 Å². The van der Waals surface area contributed by atoms with Crippen molar-refractivity contribution in [2.45, 2.75) is 25.9 Å². The van der Waals surface area contributed by atoms with Gasteiger partial charge in [0, 0.05) is 23.8 Å². The van der Waals surface area contributed by atoms with Crippen LogP contribution in [0.15, 0.2) is 72.8 Å². The summed E-state index contributed by atoms with van der Waals surface area (Å²) in [6.07, 6.45) is 0.814. The number of hydrogen-bond acceptors (Lipinski definition) is 2. The molecule has 0 aliphatic carbocycles. The number of nitrogens with one attached hydrogen (secondary N) is 2. The Morgan fingerprint density at radius 1 is 1.03 bits per heavy atom. The molecule has 3 aromatic rings. The lowest BCUT2D eigenvalue weighted by atomic mass is 10.1. The lowest BCUT2D eigenvalue weighted by Gasteiger charge is -2.23. The molecule has 4 rings (SSSR count). The highest BCUT2D eigenvalue weighted by molar-refractivity contribution is 6.33. The van der Waals surface area contributed by atoms with Gasteiger partial charge in [0.1, 0.15) is 0 Å². The Morgan fingerprint density at radius 3 is 2.53 bits per heavy atom. The predicted octanol–water partition coefficient (Wildman–Crippen LogP) is 5.25. The monoisotopic (exact) mass is 419 g/mol. The van der Waals surface area contributed by atoms with Gasteiger partial charge < -0.3 is 15.5 Å². The number of amides is 3.